The van der Waals surface area contributed by atoms with Crippen LogP contribution >= 0.6 is 0 Å². The number of methoxy groups -OCH3 is 1. The molecule has 0 bridgehead atoms. The Morgan fingerprint density at radius 2 is 2.08 bits per heavy atom. The van der Waals surface area contributed by atoms with Gasteiger partial charge in [-0.1, -0.05) is 18.2 Å². The van der Waals surface area contributed by atoms with E-state index in [-0.39, 0.29) is 18.0 Å². The summed E-state index contributed by atoms with van der Waals surface area (Å²) >= 11 is 0. The molecule has 0 amide bonds. The number of aromatic nitrogens is 1. The topological polar surface area (TPSA) is 87.6 Å². The number of rotatable bonds is 6. The van der Waals surface area contributed by atoms with Gasteiger partial charge in [-0.15, -0.1) is 0 Å². The van der Waals surface area contributed by atoms with E-state index in [0.29, 0.717) is 29.8 Å². The van der Waals surface area contributed by atoms with Gasteiger partial charge in [-0.2, -0.15) is 5.26 Å². The lowest BCUT2D eigenvalue weighted by Crippen LogP contribution is -2.26. The molecule has 6 nitrogen and oxygen atoms in total. The minimum atomic E-state index is -0.500. The monoisotopic (exact) mass is 325 g/mol. The van der Waals surface area contributed by atoms with Gasteiger partial charge in [-0.05, 0) is 31.0 Å². The second kappa shape index (κ2) is 8.09. The van der Waals surface area contributed by atoms with Gasteiger partial charge < -0.3 is 9.84 Å². The van der Waals surface area contributed by atoms with Gasteiger partial charge in [-0.3, -0.25) is 14.4 Å². The molecule has 2 rings (SSSR count). The van der Waals surface area contributed by atoms with Crippen molar-refractivity contribution in [1.29, 1.82) is 5.26 Å². The van der Waals surface area contributed by atoms with Crippen molar-refractivity contribution >= 4 is 11.9 Å². The van der Waals surface area contributed by atoms with Crippen LogP contribution in [0.3, 0.4) is 0 Å². The summed E-state index contributed by atoms with van der Waals surface area (Å²) in [7, 11) is 1.57. The molecule has 6 heteroatoms. The zero-order valence-electron chi connectivity index (χ0n) is 13.7. The predicted molar refractivity (Wildman–Crippen MR) is 92.0 cm³/mol. The molecule has 1 N–H and O–H groups in total. The smallest absolute Gasteiger partial charge is 0.271 e. The third-order valence-electron chi connectivity index (χ3n) is 3.68. The van der Waals surface area contributed by atoms with E-state index in [4.69, 9.17) is 4.74 Å². The van der Waals surface area contributed by atoms with Gasteiger partial charge in [-0.25, -0.2) is 0 Å². The Hall–Kier alpha value is -2.91. The maximum Gasteiger partial charge on any atom is 0.271 e. The standard InChI is InChI=1S/C18H19N3O3/c1-13-15(11-19)17(22)21(9-6-10-24-2)18(23)16(13)12-20-14-7-4-3-5-8-14/h3-5,7-8,12,23H,6,9-10H2,1-2H3. The summed E-state index contributed by atoms with van der Waals surface area (Å²) < 4.78 is 6.16. The fraction of sp³-hybridized carbons (Fsp3) is 0.278. The molecule has 0 unspecified atom stereocenters. The Kier molecular flexibility index (Phi) is 5.88. The molecule has 2 aromatic rings. The van der Waals surface area contributed by atoms with E-state index < -0.39 is 5.56 Å². The van der Waals surface area contributed by atoms with Gasteiger partial charge in [0.2, 0.25) is 5.88 Å². The SMILES string of the molecule is COCCCn1c(O)c(C=Nc2ccccc2)c(C)c(C#N)c1=O. The van der Waals surface area contributed by atoms with E-state index in [2.05, 4.69) is 4.99 Å². The molecule has 0 aliphatic rings. The van der Waals surface area contributed by atoms with Crippen LogP contribution in [0.1, 0.15) is 23.1 Å². The number of hydrogen-bond donors (Lipinski definition) is 1. The van der Waals surface area contributed by atoms with E-state index >= 15 is 0 Å². The number of nitriles is 1. The van der Waals surface area contributed by atoms with E-state index in [1.54, 1.807) is 14.0 Å². The number of para-hydroxylation sites is 1. The Morgan fingerprint density at radius 1 is 1.38 bits per heavy atom. The Bertz CT molecular complexity index is 833. The van der Waals surface area contributed by atoms with Gasteiger partial charge >= 0.3 is 0 Å². The number of aliphatic imine (C=N–C) groups is 1. The van der Waals surface area contributed by atoms with E-state index in [0.717, 1.165) is 0 Å². The number of pyridine rings is 1. The van der Waals surface area contributed by atoms with E-state index in [1.165, 1.54) is 10.8 Å². The second-order valence-corrected chi connectivity index (χ2v) is 5.25. The van der Waals surface area contributed by atoms with Crippen LogP contribution in [0.2, 0.25) is 0 Å². The lowest BCUT2D eigenvalue weighted by Gasteiger charge is -2.13. The van der Waals surface area contributed by atoms with Crippen molar-refractivity contribution in [2.45, 2.75) is 19.9 Å². The molecule has 0 radical (unpaired) electrons. The first kappa shape index (κ1) is 17.4. The van der Waals surface area contributed by atoms with Crippen LogP contribution in [0.25, 0.3) is 0 Å². The van der Waals surface area contributed by atoms with Gasteiger partial charge in [0.25, 0.3) is 5.56 Å². The second-order valence-electron chi connectivity index (χ2n) is 5.25. The molecule has 0 fully saturated rings. The predicted octanol–water partition coefficient (Wildman–Crippen LogP) is 2.52. The first-order valence-corrected chi connectivity index (χ1v) is 7.54. The summed E-state index contributed by atoms with van der Waals surface area (Å²) in [6.07, 6.45) is 2.03. The lowest BCUT2D eigenvalue weighted by molar-refractivity contribution is 0.188. The first-order valence-electron chi connectivity index (χ1n) is 7.54. The number of nitrogens with zero attached hydrogens (tertiary/aromatic N) is 3. The van der Waals surface area contributed by atoms with Crippen molar-refractivity contribution in [3.05, 3.63) is 57.4 Å². The maximum atomic E-state index is 12.4. The summed E-state index contributed by atoms with van der Waals surface area (Å²) in [5, 5.41) is 19.8. The molecule has 0 saturated carbocycles. The quantitative estimate of drug-likeness (QED) is 0.653. The average Bonchev–Trinajstić information content (AvgIpc) is 2.59. The van der Waals surface area contributed by atoms with Crippen molar-refractivity contribution in [2.24, 2.45) is 4.99 Å². The molecule has 1 heterocycles. The zero-order chi connectivity index (χ0) is 17.5. The third-order valence-corrected chi connectivity index (χ3v) is 3.68. The average molecular weight is 325 g/mol. The summed E-state index contributed by atoms with van der Waals surface area (Å²) in [5.41, 5.74) is 1.02. The molecular weight excluding hydrogens is 306 g/mol. The normalized spacial score (nSPS) is 10.9. The Morgan fingerprint density at radius 3 is 2.71 bits per heavy atom. The highest BCUT2D eigenvalue weighted by molar-refractivity contribution is 5.87. The number of benzene rings is 1. The highest BCUT2D eigenvalue weighted by Gasteiger charge is 2.17. The van der Waals surface area contributed by atoms with E-state index in [1.807, 2.05) is 36.4 Å². The fourth-order valence-electron chi connectivity index (χ4n) is 2.35. The highest BCUT2D eigenvalue weighted by Crippen LogP contribution is 2.21. The van der Waals surface area contributed by atoms with Crippen LogP contribution in [-0.2, 0) is 11.3 Å². The maximum absolute atomic E-state index is 12.4. The summed E-state index contributed by atoms with van der Waals surface area (Å²) in [4.78, 5) is 16.7. The molecule has 0 aliphatic carbocycles. The largest absolute Gasteiger partial charge is 0.494 e. The van der Waals surface area contributed by atoms with Gasteiger partial charge in [0.15, 0.2) is 0 Å². The zero-order valence-corrected chi connectivity index (χ0v) is 13.7. The minimum absolute atomic E-state index is 0.0136. The number of hydrogen-bond acceptors (Lipinski definition) is 5. The van der Waals surface area contributed by atoms with Crippen LogP contribution in [0.5, 0.6) is 5.88 Å². The van der Waals surface area contributed by atoms with Crippen LogP contribution in [-0.4, -0.2) is 29.6 Å². The molecule has 124 valence electrons. The minimum Gasteiger partial charge on any atom is -0.494 e. The van der Waals surface area contributed by atoms with Gasteiger partial charge in [0.05, 0.1) is 11.3 Å². The Balaban J connectivity index is 2.50. The highest BCUT2D eigenvalue weighted by atomic mass is 16.5. The lowest BCUT2D eigenvalue weighted by atomic mass is 10.1. The third kappa shape index (κ3) is 3.70. The van der Waals surface area contributed by atoms with Gasteiger partial charge in [0.1, 0.15) is 11.6 Å². The van der Waals surface area contributed by atoms with Crippen molar-refractivity contribution in [1.82, 2.24) is 4.57 Å². The Labute approximate surface area is 140 Å². The summed E-state index contributed by atoms with van der Waals surface area (Å²) in [5.74, 6) is -0.188. The number of aromatic hydroxyl groups is 1. The summed E-state index contributed by atoms with van der Waals surface area (Å²) in [6.45, 7) is 2.35. The van der Waals surface area contributed by atoms with Crippen molar-refractivity contribution < 1.29 is 9.84 Å². The molecule has 0 saturated heterocycles. The fourth-order valence-corrected chi connectivity index (χ4v) is 2.35. The summed E-state index contributed by atoms with van der Waals surface area (Å²) in [6, 6.07) is 11.2. The van der Waals surface area contributed by atoms with Crippen molar-refractivity contribution in [3.63, 3.8) is 0 Å². The van der Waals surface area contributed by atoms with Crippen molar-refractivity contribution in [2.75, 3.05) is 13.7 Å². The molecule has 24 heavy (non-hydrogen) atoms. The van der Waals surface area contributed by atoms with Crippen LogP contribution < -0.4 is 5.56 Å². The molecule has 0 aliphatic heterocycles. The van der Waals surface area contributed by atoms with Crippen LogP contribution in [0, 0.1) is 18.3 Å². The van der Waals surface area contributed by atoms with Crippen molar-refractivity contribution in [3.8, 4) is 11.9 Å². The van der Waals surface area contributed by atoms with Gasteiger partial charge in [0, 0.05) is 26.5 Å². The molecule has 1 aromatic carbocycles. The first-order chi connectivity index (χ1) is 11.6. The molecule has 0 spiro atoms. The molecule has 0 atom stereocenters. The molecular formula is C18H19N3O3. The van der Waals surface area contributed by atoms with Crippen LogP contribution in [0.4, 0.5) is 5.69 Å². The number of ether oxygens (including phenoxy) is 1. The van der Waals surface area contributed by atoms with Crippen LogP contribution in [0.15, 0.2) is 40.1 Å². The van der Waals surface area contributed by atoms with E-state index in [9.17, 15) is 15.2 Å². The molecule has 1 aromatic heterocycles.